The van der Waals surface area contributed by atoms with E-state index in [1.807, 2.05) is 24.3 Å². The van der Waals surface area contributed by atoms with Crippen molar-refractivity contribution in [1.82, 2.24) is 0 Å². The Morgan fingerprint density at radius 1 is 1.00 bits per heavy atom. The molecule has 0 unspecified atom stereocenters. The number of rotatable bonds is 6. The van der Waals surface area contributed by atoms with E-state index >= 15 is 0 Å². The number of carbonyl (C=O) groups excluding carboxylic acids is 2. The van der Waals surface area contributed by atoms with E-state index in [1.165, 1.54) is 29.5 Å². The Balaban J connectivity index is 1.32. The maximum atomic E-state index is 12.9. The summed E-state index contributed by atoms with van der Waals surface area (Å²) in [7, 11) is 0. The maximum absolute atomic E-state index is 12.9. The number of hydrogen-bond acceptors (Lipinski definition) is 5. The molecule has 0 aromatic heterocycles. The molecule has 0 saturated carbocycles. The molecule has 7 nitrogen and oxygen atoms in total. The number of non-ortho nitro benzene ring substituents is 1. The van der Waals surface area contributed by atoms with Crippen LogP contribution in [0.5, 0.6) is 0 Å². The third kappa shape index (κ3) is 4.75. The third-order valence-electron chi connectivity index (χ3n) is 4.97. The number of carbonyl (C=O) groups is 2. The van der Waals surface area contributed by atoms with Crippen molar-refractivity contribution < 1.29 is 14.5 Å². The second kappa shape index (κ2) is 9.01. The summed E-state index contributed by atoms with van der Waals surface area (Å²) in [6, 6.07) is 20.8. The van der Waals surface area contributed by atoms with Gasteiger partial charge in [0, 0.05) is 40.5 Å². The molecule has 3 aromatic rings. The lowest BCUT2D eigenvalue weighted by molar-refractivity contribution is -0.384. The molecule has 0 saturated heterocycles. The number of nitro benzene ring substituents is 1. The van der Waals surface area contributed by atoms with Gasteiger partial charge in [-0.1, -0.05) is 18.2 Å². The van der Waals surface area contributed by atoms with Crippen molar-refractivity contribution in [3.8, 4) is 0 Å². The molecular weight excluding hydrogens is 414 g/mol. The van der Waals surface area contributed by atoms with Crippen LogP contribution < -0.4 is 10.2 Å². The average molecular weight is 433 g/mol. The molecule has 2 amide bonds. The van der Waals surface area contributed by atoms with Gasteiger partial charge in [0.05, 0.1) is 10.7 Å². The van der Waals surface area contributed by atoms with Gasteiger partial charge in [-0.05, 0) is 54.4 Å². The van der Waals surface area contributed by atoms with Crippen LogP contribution in [0.25, 0.3) is 0 Å². The van der Waals surface area contributed by atoms with Crippen LogP contribution in [0.2, 0.25) is 0 Å². The van der Waals surface area contributed by atoms with E-state index < -0.39 is 4.92 Å². The highest BCUT2D eigenvalue weighted by molar-refractivity contribution is 8.00. The maximum Gasteiger partial charge on any atom is 0.269 e. The fourth-order valence-electron chi connectivity index (χ4n) is 3.41. The smallest absolute Gasteiger partial charge is 0.269 e. The largest absolute Gasteiger partial charge is 0.325 e. The van der Waals surface area contributed by atoms with Crippen LogP contribution in [0.15, 0.2) is 77.7 Å². The Hall–Kier alpha value is -3.65. The zero-order chi connectivity index (χ0) is 21.8. The Kier molecular flexibility index (Phi) is 5.99. The fourth-order valence-corrected chi connectivity index (χ4v) is 4.11. The van der Waals surface area contributed by atoms with Crippen LogP contribution >= 0.6 is 11.8 Å². The highest BCUT2D eigenvalue weighted by atomic mass is 32.2. The molecule has 1 N–H and O–H groups in total. The van der Waals surface area contributed by atoms with Gasteiger partial charge in [0.1, 0.15) is 0 Å². The summed E-state index contributed by atoms with van der Waals surface area (Å²) in [5.41, 5.74) is 3.31. The summed E-state index contributed by atoms with van der Waals surface area (Å²) in [6.07, 6.45) is 0.850. The van der Waals surface area contributed by atoms with Gasteiger partial charge in [-0.15, -0.1) is 11.8 Å². The van der Waals surface area contributed by atoms with Crippen molar-refractivity contribution in [1.29, 1.82) is 0 Å². The minimum Gasteiger partial charge on any atom is -0.325 e. The van der Waals surface area contributed by atoms with Crippen molar-refractivity contribution in [3.05, 3.63) is 94.0 Å². The number of para-hydroxylation sites is 1. The molecule has 1 aliphatic heterocycles. The second-order valence-corrected chi connectivity index (χ2v) is 8.05. The number of amides is 2. The number of anilines is 2. The first-order valence-corrected chi connectivity index (χ1v) is 10.7. The Morgan fingerprint density at radius 3 is 2.42 bits per heavy atom. The quantitative estimate of drug-likeness (QED) is 0.350. The SMILES string of the molecule is O=C(CSc1ccc([N+](=O)[O-])cc1)Nc1ccc(C(=O)N2CCc3ccccc32)cc1. The van der Waals surface area contributed by atoms with Crippen molar-refractivity contribution in [3.63, 3.8) is 0 Å². The second-order valence-electron chi connectivity index (χ2n) is 7.00. The number of benzene rings is 3. The first kappa shape index (κ1) is 20.6. The average Bonchev–Trinajstić information content (AvgIpc) is 3.22. The summed E-state index contributed by atoms with van der Waals surface area (Å²) in [5.74, 6) is -0.0873. The van der Waals surface area contributed by atoms with Gasteiger partial charge in [0.2, 0.25) is 5.91 Å². The normalized spacial score (nSPS) is 12.3. The van der Waals surface area contributed by atoms with E-state index in [9.17, 15) is 19.7 Å². The molecule has 8 heteroatoms. The lowest BCUT2D eigenvalue weighted by atomic mass is 10.1. The summed E-state index contributed by atoms with van der Waals surface area (Å²) >= 11 is 1.29. The fraction of sp³-hybridized carbons (Fsp3) is 0.130. The number of nitrogens with one attached hydrogen (secondary N) is 1. The molecule has 0 spiro atoms. The summed E-state index contributed by atoms with van der Waals surface area (Å²) in [5, 5.41) is 13.5. The molecule has 0 atom stereocenters. The zero-order valence-corrected chi connectivity index (χ0v) is 17.3. The van der Waals surface area contributed by atoms with Gasteiger partial charge in [0.15, 0.2) is 0 Å². The molecule has 0 bridgehead atoms. The standard InChI is InChI=1S/C23H19N3O4S/c27-22(15-31-20-11-9-19(10-12-20)26(29)30)24-18-7-5-17(6-8-18)23(28)25-14-13-16-3-1-2-4-21(16)25/h1-12H,13-15H2,(H,24,27). The van der Waals surface area contributed by atoms with Crippen LogP contribution in [0, 0.1) is 10.1 Å². The lowest BCUT2D eigenvalue weighted by Gasteiger charge is -2.17. The number of nitro groups is 1. The molecule has 1 aliphatic rings. The Morgan fingerprint density at radius 2 is 1.71 bits per heavy atom. The molecular formula is C23H19N3O4S. The van der Waals surface area contributed by atoms with E-state index in [1.54, 1.807) is 41.3 Å². The molecule has 1 heterocycles. The Labute approximate surface area is 183 Å². The van der Waals surface area contributed by atoms with Crippen LogP contribution in [0.3, 0.4) is 0 Å². The van der Waals surface area contributed by atoms with Crippen LogP contribution in [0.1, 0.15) is 15.9 Å². The lowest BCUT2D eigenvalue weighted by Crippen LogP contribution is -2.28. The van der Waals surface area contributed by atoms with Crippen LogP contribution in [-0.4, -0.2) is 29.0 Å². The van der Waals surface area contributed by atoms with Gasteiger partial charge >= 0.3 is 0 Å². The Bertz CT molecular complexity index is 1130. The number of fused-ring (bicyclic) bond motifs is 1. The highest BCUT2D eigenvalue weighted by Crippen LogP contribution is 2.29. The van der Waals surface area contributed by atoms with Crippen LogP contribution in [0.4, 0.5) is 17.1 Å². The summed E-state index contributed by atoms with van der Waals surface area (Å²) in [6.45, 7) is 0.663. The summed E-state index contributed by atoms with van der Waals surface area (Å²) in [4.78, 5) is 37.9. The molecule has 0 aliphatic carbocycles. The summed E-state index contributed by atoms with van der Waals surface area (Å²) < 4.78 is 0. The molecule has 3 aromatic carbocycles. The van der Waals surface area contributed by atoms with Gasteiger partial charge in [-0.3, -0.25) is 19.7 Å². The first-order chi connectivity index (χ1) is 15.0. The molecule has 4 rings (SSSR count). The minimum absolute atomic E-state index is 0.0147. The van der Waals surface area contributed by atoms with Crippen molar-refractivity contribution in [2.75, 3.05) is 22.5 Å². The van der Waals surface area contributed by atoms with Crippen molar-refractivity contribution in [2.24, 2.45) is 0 Å². The van der Waals surface area contributed by atoms with E-state index in [0.717, 1.165) is 17.0 Å². The number of thioether (sulfide) groups is 1. The van der Waals surface area contributed by atoms with E-state index in [2.05, 4.69) is 5.32 Å². The third-order valence-corrected chi connectivity index (χ3v) is 5.98. The monoisotopic (exact) mass is 433 g/mol. The van der Waals surface area contributed by atoms with Gasteiger partial charge in [-0.2, -0.15) is 0 Å². The topological polar surface area (TPSA) is 92.5 Å². The zero-order valence-electron chi connectivity index (χ0n) is 16.5. The first-order valence-electron chi connectivity index (χ1n) is 9.68. The minimum atomic E-state index is -0.460. The van der Waals surface area contributed by atoms with Crippen LogP contribution in [-0.2, 0) is 11.2 Å². The van der Waals surface area contributed by atoms with E-state index in [4.69, 9.17) is 0 Å². The van der Waals surface area contributed by atoms with Gasteiger partial charge in [-0.25, -0.2) is 0 Å². The predicted molar refractivity (Wildman–Crippen MR) is 121 cm³/mol. The molecule has 31 heavy (non-hydrogen) atoms. The molecule has 0 radical (unpaired) electrons. The van der Waals surface area contributed by atoms with E-state index in [-0.39, 0.29) is 23.3 Å². The van der Waals surface area contributed by atoms with Gasteiger partial charge in [0.25, 0.3) is 11.6 Å². The number of hydrogen-bond donors (Lipinski definition) is 1. The highest BCUT2D eigenvalue weighted by Gasteiger charge is 2.25. The number of nitrogens with zero attached hydrogens (tertiary/aromatic N) is 2. The van der Waals surface area contributed by atoms with E-state index in [0.29, 0.717) is 17.8 Å². The van der Waals surface area contributed by atoms with Gasteiger partial charge < -0.3 is 10.2 Å². The van der Waals surface area contributed by atoms with Crippen molar-refractivity contribution >= 4 is 40.6 Å². The molecule has 0 fully saturated rings. The molecule has 156 valence electrons. The predicted octanol–water partition coefficient (Wildman–Crippen LogP) is 4.53. The van der Waals surface area contributed by atoms with Crippen molar-refractivity contribution in [2.45, 2.75) is 11.3 Å².